The molecule has 2 aromatic heterocycles. The molecule has 4 rings (SSSR count). The Morgan fingerprint density at radius 1 is 1.23 bits per heavy atom. The van der Waals surface area contributed by atoms with Gasteiger partial charge in [-0.3, -0.25) is 4.79 Å². The predicted octanol–water partition coefficient (Wildman–Crippen LogP) is 5.63. The summed E-state index contributed by atoms with van der Waals surface area (Å²) in [6, 6.07) is 12.0. The Morgan fingerprint density at radius 2 is 2.07 bits per heavy atom. The van der Waals surface area contributed by atoms with Gasteiger partial charge in [0.2, 0.25) is 0 Å². The molecular weight excluding hydrogens is 419 g/mol. The van der Waals surface area contributed by atoms with E-state index >= 15 is 0 Å². The summed E-state index contributed by atoms with van der Waals surface area (Å²) in [5.74, 6) is 0.656. The van der Waals surface area contributed by atoms with Crippen molar-refractivity contribution in [2.45, 2.75) is 24.5 Å². The molecule has 30 heavy (non-hydrogen) atoms. The van der Waals surface area contributed by atoms with Crippen molar-refractivity contribution in [1.29, 1.82) is 0 Å². The Bertz CT molecular complexity index is 1200. The highest BCUT2D eigenvalue weighted by Crippen LogP contribution is 2.28. The van der Waals surface area contributed by atoms with Crippen LogP contribution in [-0.4, -0.2) is 20.4 Å². The quantitative estimate of drug-likeness (QED) is 0.397. The van der Waals surface area contributed by atoms with Crippen LogP contribution in [0.25, 0.3) is 5.69 Å². The molecule has 4 aromatic rings. The van der Waals surface area contributed by atoms with Gasteiger partial charge in [-0.15, -0.1) is 23.1 Å². The fourth-order valence-electron chi connectivity index (χ4n) is 3.02. The summed E-state index contributed by atoms with van der Waals surface area (Å²) in [5.41, 5.74) is 2.32. The molecule has 2 heterocycles. The van der Waals surface area contributed by atoms with Gasteiger partial charge in [-0.2, -0.15) is 0 Å². The van der Waals surface area contributed by atoms with Crippen molar-refractivity contribution in [2.75, 3.05) is 5.32 Å². The fourth-order valence-corrected chi connectivity index (χ4v) is 4.68. The number of hydrogen-bond donors (Lipinski definition) is 1. The van der Waals surface area contributed by atoms with Crippen LogP contribution in [0.2, 0.25) is 0 Å². The number of nitrogens with zero attached hydrogens (tertiary/aromatic N) is 3. The summed E-state index contributed by atoms with van der Waals surface area (Å²) < 4.78 is 16.3. The first-order chi connectivity index (χ1) is 14.5. The molecule has 0 aliphatic carbocycles. The van der Waals surface area contributed by atoms with Crippen molar-refractivity contribution in [2.24, 2.45) is 0 Å². The van der Waals surface area contributed by atoms with E-state index in [1.165, 1.54) is 6.07 Å². The molecule has 0 saturated carbocycles. The van der Waals surface area contributed by atoms with Crippen LogP contribution < -0.4 is 5.32 Å². The van der Waals surface area contributed by atoms with Crippen LogP contribution in [0.4, 0.5) is 10.1 Å². The summed E-state index contributed by atoms with van der Waals surface area (Å²) in [5, 5.41) is 5.84. The lowest BCUT2D eigenvalue weighted by molar-refractivity contribution is 0.102. The number of thioether (sulfide) groups is 1. The maximum absolute atomic E-state index is 14.6. The van der Waals surface area contributed by atoms with E-state index in [0.29, 0.717) is 28.5 Å². The molecule has 0 aliphatic heterocycles. The zero-order valence-electron chi connectivity index (χ0n) is 16.4. The number of hydrogen-bond acceptors (Lipinski definition) is 5. The molecule has 0 saturated heterocycles. The number of aryl methyl sites for hydroxylation is 2. The van der Waals surface area contributed by atoms with Crippen molar-refractivity contribution in [1.82, 2.24) is 14.5 Å². The SMILES string of the molecule is Cc1nc(CSc2ccccc2C(=O)Nc2ccc(-n3ccnc3C)c(F)c2)cs1. The molecule has 0 spiro atoms. The number of halogens is 1. The second kappa shape index (κ2) is 8.81. The predicted molar refractivity (Wildman–Crippen MR) is 119 cm³/mol. The van der Waals surface area contributed by atoms with E-state index in [1.807, 2.05) is 30.5 Å². The molecule has 0 unspecified atom stereocenters. The first kappa shape index (κ1) is 20.3. The van der Waals surface area contributed by atoms with E-state index in [4.69, 9.17) is 0 Å². The van der Waals surface area contributed by atoms with Crippen LogP contribution >= 0.6 is 23.1 Å². The number of anilines is 1. The Kier molecular flexibility index (Phi) is 5.96. The van der Waals surface area contributed by atoms with Gasteiger partial charge in [0.25, 0.3) is 5.91 Å². The smallest absolute Gasteiger partial charge is 0.256 e. The third kappa shape index (κ3) is 4.44. The summed E-state index contributed by atoms with van der Waals surface area (Å²) in [6.07, 6.45) is 3.31. The number of benzene rings is 2. The topological polar surface area (TPSA) is 59.8 Å². The normalized spacial score (nSPS) is 10.9. The summed E-state index contributed by atoms with van der Waals surface area (Å²) in [7, 11) is 0. The van der Waals surface area contributed by atoms with Crippen LogP contribution in [0, 0.1) is 19.7 Å². The van der Waals surface area contributed by atoms with Crippen molar-refractivity contribution in [3.8, 4) is 5.69 Å². The van der Waals surface area contributed by atoms with E-state index in [9.17, 15) is 9.18 Å². The van der Waals surface area contributed by atoms with Crippen LogP contribution in [0.1, 0.15) is 26.9 Å². The second-order valence-electron chi connectivity index (χ2n) is 6.61. The van der Waals surface area contributed by atoms with Gasteiger partial charge in [-0.1, -0.05) is 12.1 Å². The Hall–Kier alpha value is -2.97. The number of rotatable bonds is 6. The van der Waals surface area contributed by atoms with Crippen molar-refractivity contribution < 1.29 is 9.18 Å². The van der Waals surface area contributed by atoms with Gasteiger partial charge in [-0.05, 0) is 44.2 Å². The number of aromatic nitrogens is 3. The maximum Gasteiger partial charge on any atom is 0.256 e. The molecule has 5 nitrogen and oxygen atoms in total. The summed E-state index contributed by atoms with van der Waals surface area (Å²) >= 11 is 3.17. The first-order valence-electron chi connectivity index (χ1n) is 9.25. The molecule has 8 heteroatoms. The van der Waals surface area contributed by atoms with Gasteiger partial charge in [0.05, 0.1) is 22.0 Å². The lowest BCUT2D eigenvalue weighted by Crippen LogP contribution is -2.13. The third-order valence-electron chi connectivity index (χ3n) is 4.46. The highest BCUT2D eigenvalue weighted by atomic mass is 32.2. The number of nitrogens with one attached hydrogen (secondary N) is 1. The summed E-state index contributed by atoms with van der Waals surface area (Å²) in [6.45, 7) is 3.77. The van der Waals surface area contributed by atoms with Gasteiger partial charge in [0, 0.05) is 34.1 Å². The molecular formula is C22H19FN4OS2. The number of carbonyl (C=O) groups excluding carboxylic acids is 1. The lowest BCUT2D eigenvalue weighted by Gasteiger charge is -2.11. The molecule has 0 aliphatic rings. The van der Waals surface area contributed by atoms with Crippen LogP contribution in [0.5, 0.6) is 0 Å². The minimum absolute atomic E-state index is 0.279. The highest BCUT2D eigenvalue weighted by molar-refractivity contribution is 7.98. The van der Waals surface area contributed by atoms with E-state index in [0.717, 1.165) is 15.6 Å². The number of carbonyl (C=O) groups is 1. The van der Waals surface area contributed by atoms with Gasteiger partial charge in [0.1, 0.15) is 11.6 Å². The van der Waals surface area contributed by atoms with E-state index < -0.39 is 5.82 Å². The molecule has 0 radical (unpaired) electrons. The number of thiazole rings is 1. The zero-order chi connectivity index (χ0) is 21.1. The number of imidazole rings is 1. The molecule has 2 aromatic carbocycles. The summed E-state index contributed by atoms with van der Waals surface area (Å²) in [4.78, 5) is 22.3. The third-order valence-corrected chi connectivity index (χ3v) is 6.39. The maximum atomic E-state index is 14.6. The molecule has 1 amide bonds. The molecule has 0 fully saturated rings. The van der Waals surface area contributed by atoms with Gasteiger partial charge in [0.15, 0.2) is 0 Å². The van der Waals surface area contributed by atoms with E-state index in [-0.39, 0.29) is 5.91 Å². The van der Waals surface area contributed by atoms with E-state index in [1.54, 1.807) is 65.2 Å². The Labute approximate surface area is 182 Å². The average Bonchev–Trinajstić information content (AvgIpc) is 3.34. The molecule has 152 valence electrons. The van der Waals surface area contributed by atoms with Crippen LogP contribution in [0.15, 0.2) is 65.1 Å². The molecule has 0 atom stereocenters. The largest absolute Gasteiger partial charge is 0.322 e. The highest BCUT2D eigenvalue weighted by Gasteiger charge is 2.14. The second-order valence-corrected chi connectivity index (χ2v) is 8.69. The fraction of sp³-hybridized carbons (Fsp3) is 0.136. The standard InChI is InChI=1S/C22H19FN4OS2/c1-14-24-9-10-27(14)20-8-7-16(11-19(20)23)26-22(28)18-5-3-4-6-21(18)30-13-17-12-29-15(2)25-17/h3-12H,13H2,1-2H3,(H,26,28). The van der Waals surface area contributed by atoms with Gasteiger partial charge >= 0.3 is 0 Å². The lowest BCUT2D eigenvalue weighted by atomic mass is 10.2. The first-order valence-corrected chi connectivity index (χ1v) is 11.1. The number of amides is 1. The minimum atomic E-state index is -0.435. The van der Waals surface area contributed by atoms with Gasteiger partial charge in [-0.25, -0.2) is 14.4 Å². The van der Waals surface area contributed by atoms with Crippen molar-refractivity contribution in [3.63, 3.8) is 0 Å². The average molecular weight is 439 g/mol. The van der Waals surface area contributed by atoms with Crippen molar-refractivity contribution >= 4 is 34.7 Å². The Balaban J connectivity index is 1.50. The van der Waals surface area contributed by atoms with Crippen molar-refractivity contribution in [3.05, 3.63) is 88.1 Å². The minimum Gasteiger partial charge on any atom is -0.322 e. The van der Waals surface area contributed by atoms with Gasteiger partial charge < -0.3 is 9.88 Å². The Morgan fingerprint density at radius 3 is 2.77 bits per heavy atom. The monoisotopic (exact) mass is 438 g/mol. The molecule has 0 bridgehead atoms. The van der Waals surface area contributed by atoms with E-state index in [2.05, 4.69) is 15.3 Å². The van der Waals surface area contributed by atoms with Crippen LogP contribution in [-0.2, 0) is 5.75 Å². The zero-order valence-corrected chi connectivity index (χ0v) is 18.1. The molecule has 1 N–H and O–H groups in total. The van der Waals surface area contributed by atoms with Crippen LogP contribution in [0.3, 0.4) is 0 Å².